The molecule has 0 aliphatic carbocycles. The van der Waals surface area contributed by atoms with Gasteiger partial charge in [-0.15, -0.1) is 0 Å². The molecule has 1 heterocycles. The van der Waals surface area contributed by atoms with Crippen LogP contribution in [0.1, 0.15) is 29.3 Å². The summed E-state index contributed by atoms with van der Waals surface area (Å²) in [5, 5.41) is 0. The molecule has 1 aliphatic heterocycles. The number of likely N-dealkylation sites (tertiary alicyclic amines) is 1. The molecule has 1 atom stereocenters. The van der Waals surface area contributed by atoms with Gasteiger partial charge in [-0.2, -0.15) is 0 Å². The predicted molar refractivity (Wildman–Crippen MR) is 74.8 cm³/mol. The number of nitrogens with zero attached hydrogens (tertiary/aromatic N) is 1. The van der Waals surface area contributed by atoms with E-state index in [0.29, 0.717) is 13.2 Å². The lowest BCUT2D eigenvalue weighted by atomic mass is 9.90. The van der Waals surface area contributed by atoms with Crippen LogP contribution in [-0.4, -0.2) is 37.6 Å². The third kappa shape index (κ3) is 3.14. The second kappa shape index (κ2) is 5.72. The number of hydrogen-bond donors (Lipinski definition) is 1. The van der Waals surface area contributed by atoms with Crippen LogP contribution in [0, 0.1) is 5.41 Å². The van der Waals surface area contributed by atoms with Crippen molar-refractivity contribution in [3.8, 4) is 0 Å². The molecule has 1 fully saturated rings. The maximum atomic E-state index is 12.5. The summed E-state index contributed by atoms with van der Waals surface area (Å²) in [6.45, 7) is 4.83. The number of methoxy groups -OCH3 is 1. The van der Waals surface area contributed by atoms with Crippen molar-refractivity contribution in [3.63, 3.8) is 0 Å². The van der Waals surface area contributed by atoms with Crippen molar-refractivity contribution < 1.29 is 9.53 Å². The van der Waals surface area contributed by atoms with Gasteiger partial charge in [0.1, 0.15) is 0 Å². The van der Waals surface area contributed by atoms with E-state index < -0.39 is 0 Å². The fourth-order valence-electron chi connectivity index (χ4n) is 2.51. The van der Waals surface area contributed by atoms with E-state index in [2.05, 4.69) is 6.92 Å². The van der Waals surface area contributed by atoms with Crippen molar-refractivity contribution >= 4 is 5.91 Å². The molecule has 19 heavy (non-hydrogen) atoms. The Morgan fingerprint density at radius 1 is 1.53 bits per heavy atom. The van der Waals surface area contributed by atoms with Crippen LogP contribution in [0.2, 0.25) is 0 Å². The number of carbonyl (C=O) groups excluding carboxylic acids is 1. The van der Waals surface area contributed by atoms with Crippen LogP contribution in [0.4, 0.5) is 0 Å². The third-order valence-corrected chi connectivity index (χ3v) is 3.82. The number of hydrogen-bond acceptors (Lipinski definition) is 3. The van der Waals surface area contributed by atoms with Crippen LogP contribution in [0.5, 0.6) is 0 Å². The lowest BCUT2D eigenvalue weighted by Crippen LogP contribution is -2.34. The maximum Gasteiger partial charge on any atom is 0.253 e. The van der Waals surface area contributed by atoms with Gasteiger partial charge in [0.15, 0.2) is 0 Å². The summed E-state index contributed by atoms with van der Waals surface area (Å²) >= 11 is 0. The van der Waals surface area contributed by atoms with Crippen molar-refractivity contribution in [1.29, 1.82) is 0 Å². The van der Waals surface area contributed by atoms with Crippen molar-refractivity contribution in [1.82, 2.24) is 4.90 Å². The van der Waals surface area contributed by atoms with Gasteiger partial charge in [0, 0.05) is 25.8 Å². The van der Waals surface area contributed by atoms with Crippen molar-refractivity contribution in [2.45, 2.75) is 20.0 Å². The topological polar surface area (TPSA) is 55.6 Å². The summed E-state index contributed by atoms with van der Waals surface area (Å²) in [6, 6.07) is 7.64. The van der Waals surface area contributed by atoms with Crippen LogP contribution in [0.15, 0.2) is 24.3 Å². The Balaban J connectivity index is 2.10. The van der Waals surface area contributed by atoms with Gasteiger partial charge in [-0.05, 0) is 36.1 Å². The molecular weight excluding hydrogens is 240 g/mol. The quantitative estimate of drug-likeness (QED) is 0.897. The van der Waals surface area contributed by atoms with Gasteiger partial charge in [-0.1, -0.05) is 19.1 Å². The zero-order valence-electron chi connectivity index (χ0n) is 11.7. The number of rotatable bonds is 4. The fraction of sp³-hybridized carbons (Fsp3) is 0.533. The van der Waals surface area contributed by atoms with Crippen LogP contribution in [0.3, 0.4) is 0 Å². The molecule has 1 aliphatic rings. The van der Waals surface area contributed by atoms with Gasteiger partial charge in [-0.25, -0.2) is 0 Å². The average Bonchev–Trinajstić information content (AvgIpc) is 2.82. The first-order valence-corrected chi connectivity index (χ1v) is 6.65. The molecule has 0 radical (unpaired) electrons. The van der Waals surface area contributed by atoms with E-state index in [1.54, 1.807) is 7.11 Å². The van der Waals surface area contributed by atoms with E-state index in [0.717, 1.165) is 30.6 Å². The minimum absolute atomic E-state index is 0.0692. The highest BCUT2D eigenvalue weighted by atomic mass is 16.5. The lowest BCUT2D eigenvalue weighted by molar-refractivity contribution is 0.0776. The number of amides is 1. The number of nitrogens with two attached hydrogens (primary N) is 1. The monoisotopic (exact) mass is 262 g/mol. The number of carbonyl (C=O) groups is 1. The molecule has 2 N–H and O–H groups in total. The molecular formula is C15H22N2O2. The molecule has 1 saturated heterocycles. The van der Waals surface area contributed by atoms with Gasteiger partial charge in [-0.3, -0.25) is 4.79 Å². The van der Waals surface area contributed by atoms with E-state index in [1.807, 2.05) is 29.2 Å². The zero-order valence-corrected chi connectivity index (χ0v) is 11.7. The smallest absolute Gasteiger partial charge is 0.253 e. The highest BCUT2D eigenvalue weighted by Crippen LogP contribution is 2.29. The SMILES string of the molecule is COCc1cccc(C(=O)N2CCC(C)(CN)C2)c1. The average molecular weight is 262 g/mol. The summed E-state index contributed by atoms with van der Waals surface area (Å²) in [5.41, 5.74) is 7.60. The summed E-state index contributed by atoms with van der Waals surface area (Å²) in [7, 11) is 1.65. The molecule has 104 valence electrons. The highest BCUT2D eigenvalue weighted by Gasteiger charge is 2.35. The van der Waals surface area contributed by atoms with Gasteiger partial charge >= 0.3 is 0 Å². The molecule has 1 unspecified atom stereocenters. The Morgan fingerprint density at radius 3 is 2.95 bits per heavy atom. The van der Waals surface area contributed by atoms with Crippen LogP contribution in [-0.2, 0) is 11.3 Å². The molecule has 4 heteroatoms. The normalized spacial score (nSPS) is 22.8. The Morgan fingerprint density at radius 2 is 2.32 bits per heavy atom. The standard InChI is InChI=1S/C15H22N2O2/c1-15(10-16)6-7-17(11-15)14(18)13-5-3-4-12(8-13)9-19-2/h3-5,8H,6-7,9-11,16H2,1-2H3. The molecule has 0 bridgehead atoms. The molecule has 1 amide bonds. The van der Waals surface area contributed by atoms with Crippen LogP contribution in [0.25, 0.3) is 0 Å². The maximum absolute atomic E-state index is 12.5. The summed E-state index contributed by atoms with van der Waals surface area (Å²) in [6.07, 6.45) is 0.979. The van der Waals surface area contributed by atoms with Crippen LogP contribution >= 0.6 is 0 Å². The first kappa shape index (κ1) is 14.0. The largest absolute Gasteiger partial charge is 0.380 e. The van der Waals surface area contributed by atoms with E-state index in [1.165, 1.54) is 0 Å². The molecule has 1 aromatic rings. The second-order valence-electron chi connectivity index (χ2n) is 5.62. The summed E-state index contributed by atoms with van der Waals surface area (Å²) < 4.78 is 5.10. The van der Waals surface area contributed by atoms with Crippen molar-refractivity contribution in [3.05, 3.63) is 35.4 Å². The minimum atomic E-state index is 0.0692. The summed E-state index contributed by atoms with van der Waals surface area (Å²) in [4.78, 5) is 14.4. The predicted octanol–water partition coefficient (Wildman–Crippen LogP) is 1.64. The highest BCUT2D eigenvalue weighted by molar-refractivity contribution is 5.94. The van der Waals surface area contributed by atoms with Crippen LogP contribution < -0.4 is 5.73 Å². The molecule has 4 nitrogen and oxygen atoms in total. The molecule has 1 aromatic carbocycles. The van der Waals surface area contributed by atoms with Crippen molar-refractivity contribution in [2.75, 3.05) is 26.7 Å². The third-order valence-electron chi connectivity index (χ3n) is 3.82. The van der Waals surface area contributed by atoms with E-state index in [9.17, 15) is 4.79 Å². The van der Waals surface area contributed by atoms with Gasteiger partial charge in [0.05, 0.1) is 6.61 Å². The Labute approximate surface area is 114 Å². The fourth-order valence-corrected chi connectivity index (χ4v) is 2.51. The first-order chi connectivity index (χ1) is 9.08. The van der Waals surface area contributed by atoms with Gasteiger partial charge in [0.2, 0.25) is 0 Å². The number of benzene rings is 1. The Kier molecular flexibility index (Phi) is 4.22. The van der Waals surface area contributed by atoms with Gasteiger partial charge in [0.25, 0.3) is 5.91 Å². The van der Waals surface area contributed by atoms with E-state index in [4.69, 9.17) is 10.5 Å². The first-order valence-electron chi connectivity index (χ1n) is 6.65. The Hall–Kier alpha value is -1.39. The molecule has 0 spiro atoms. The summed E-state index contributed by atoms with van der Waals surface area (Å²) in [5.74, 6) is 0.0927. The lowest BCUT2D eigenvalue weighted by Gasteiger charge is -2.22. The zero-order chi connectivity index (χ0) is 13.9. The Bertz CT molecular complexity index is 461. The molecule has 0 aromatic heterocycles. The number of ether oxygens (including phenoxy) is 1. The minimum Gasteiger partial charge on any atom is -0.380 e. The molecule has 2 rings (SSSR count). The van der Waals surface area contributed by atoms with Crippen molar-refractivity contribution in [2.24, 2.45) is 11.1 Å². The second-order valence-corrected chi connectivity index (χ2v) is 5.62. The van der Waals surface area contributed by atoms with Gasteiger partial charge < -0.3 is 15.4 Å². The molecule has 0 saturated carbocycles. The van der Waals surface area contributed by atoms with E-state index in [-0.39, 0.29) is 11.3 Å². The van der Waals surface area contributed by atoms with E-state index >= 15 is 0 Å².